The highest BCUT2D eigenvalue weighted by Crippen LogP contribution is 2.39. The number of aliphatic imine (C=N–C) groups is 1. The lowest BCUT2D eigenvalue weighted by Crippen LogP contribution is -2.00. The third kappa shape index (κ3) is 1.83. The highest BCUT2D eigenvalue weighted by molar-refractivity contribution is 6.22. The second kappa shape index (κ2) is 4.16. The number of benzene rings is 1. The molecule has 1 aromatic carbocycles. The molecule has 3 N–H and O–H groups in total. The van der Waals surface area contributed by atoms with Crippen molar-refractivity contribution in [2.45, 2.75) is 0 Å². The van der Waals surface area contributed by atoms with Crippen LogP contribution in [0.4, 0.5) is 5.69 Å². The summed E-state index contributed by atoms with van der Waals surface area (Å²) in [7, 11) is 1.58. The molecule has 0 saturated carbocycles. The molecule has 2 heterocycles. The minimum absolute atomic E-state index is 0.200. The summed E-state index contributed by atoms with van der Waals surface area (Å²) in [6.07, 6.45) is 3.31. The van der Waals surface area contributed by atoms with Gasteiger partial charge in [-0.15, -0.1) is 0 Å². The van der Waals surface area contributed by atoms with Gasteiger partial charge in [0.2, 0.25) is 5.88 Å². The number of rotatable bonds is 2. The van der Waals surface area contributed by atoms with Crippen molar-refractivity contribution < 1.29 is 9.84 Å². The normalized spacial score (nSPS) is 14.9. The van der Waals surface area contributed by atoms with Crippen LogP contribution in [0.15, 0.2) is 28.0 Å². The van der Waals surface area contributed by atoms with Gasteiger partial charge in [0.1, 0.15) is 11.4 Å². The number of hydrogen-bond acceptors (Lipinski definition) is 4. The standard InChI is InChI=1S/C13H11N3O3/c1-19-10-4-2-3-8-11(10)7(6-14-8)5-9-12(17)16-13(18)15-9/h2-6,17H,1H3,(H2,15,16,18)/b7-5+. The summed E-state index contributed by atoms with van der Waals surface area (Å²) >= 11 is 0. The Balaban J connectivity index is 2.14. The van der Waals surface area contributed by atoms with Gasteiger partial charge in [0.15, 0.2) is 0 Å². The fourth-order valence-electron chi connectivity index (χ4n) is 2.05. The highest BCUT2D eigenvalue weighted by Gasteiger charge is 2.18. The SMILES string of the molecule is COc1cccc2c1/C(=C/c1[nH]c(=O)[nH]c1O)C=N2. The lowest BCUT2D eigenvalue weighted by atomic mass is 10.0. The Morgan fingerprint density at radius 3 is 2.89 bits per heavy atom. The van der Waals surface area contributed by atoms with Crippen LogP contribution in [0.2, 0.25) is 0 Å². The molecule has 1 aromatic heterocycles. The summed E-state index contributed by atoms with van der Waals surface area (Å²) < 4.78 is 5.30. The van der Waals surface area contributed by atoms with Gasteiger partial charge in [-0.05, 0) is 18.2 Å². The van der Waals surface area contributed by atoms with E-state index in [2.05, 4.69) is 15.0 Å². The van der Waals surface area contributed by atoms with Crippen molar-refractivity contribution in [1.82, 2.24) is 9.97 Å². The zero-order valence-corrected chi connectivity index (χ0v) is 10.1. The maximum absolute atomic E-state index is 11.1. The maximum atomic E-state index is 11.1. The molecule has 0 radical (unpaired) electrons. The third-order valence-corrected chi connectivity index (χ3v) is 2.89. The van der Waals surface area contributed by atoms with Crippen molar-refractivity contribution in [3.05, 3.63) is 39.9 Å². The Bertz CT molecular complexity index is 753. The van der Waals surface area contributed by atoms with E-state index >= 15 is 0 Å². The largest absolute Gasteiger partial charge is 0.496 e. The summed E-state index contributed by atoms with van der Waals surface area (Å²) in [6.45, 7) is 0. The Labute approximate surface area is 108 Å². The molecule has 0 fully saturated rings. The average Bonchev–Trinajstić information content (AvgIpc) is 2.94. The van der Waals surface area contributed by atoms with Gasteiger partial charge < -0.3 is 14.8 Å². The number of nitrogens with one attached hydrogen (secondary N) is 2. The smallest absolute Gasteiger partial charge is 0.326 e. The van der Waals surface area contributed by atoms with Crippen molar-refractivity contribution in [2.24, 2.45) is 4.99 Å². The van der Waals surface area contributed by atoms with Crippen LogP contribution >= 0.6 is 0 Å². The fourth-order valence-corrected chi connectivity index (χ4v) is 2.05. The second-order valence-electron chi connectivity index (χ2n) is 4.05. The van der Waals surface area contributed by atoms with Crippen LogP contribution < -0.4 is 10.4 Å². The van der Waals surface area contributed by atoms with Crippen molar-refractivity contribution >= 4 is 23.6 Å². The number of aromatic amines is 2. The van der Waals surface area contributed by atoms with Crippen LogP contribution in [0.1, 0.15) is 11.3 Å². The van der Waals surface area contributed by atoms with Crippen LogP contribution in [0.3, 0.4) is 0 Å². The van der Waals surface area contributed by atoms with Crippen LogP contribution in [0.25, 0.3) is 11.6 Å². The van der Waals surface area contributed by atoms with Crippen LogP contribution in [0.5, 0.6) is 11.6 Å². The number of aromatic hydroxyl groups is 1. The van der Waals surface area contributed by atoms with Crippen LogP contribution in [-0.4, -0.2) is 28.4 Å². The molecule has 0 amide bonds. The van der Waals surface area contributed by atoms with Crippen LogP contribution in [-0.2, 0) is 0 Å². The predicted molar refractivity (Wildman–Crippen MR) is 72.1 cm³/mol. The molecule has 6 heteroatoms. The van der Waals surface area contributed by atoms with E-state index in [1.165, 1.54) is 0 Å². The number of ether oxygens (including phenoxy) is 1. The molecular weight excluding hydrogens is 246 g/mol. The first kappa shape index (κ1) is 11.3. The zero-order chi connectivity index (χ0) is 13.4. The van der Waals surface area contributed by atoms with Gasteiger partial charge in [0.25, 0.3) is 0 Å². The summed E-state index contributed by atoms with van der Waals surface area (Å²) in [4.78, 5) is 20.1. The molecule has 96 valence electrons. The molecule has 0 saturated heterocycles. The Morgan fingerprint density at radius 1 is 1.37 bits per heavy atom. The average molecular weight is 257 g/mol. The number of allylic oxidation sites excluding steroid dienone is 1. The molecule has 0 spiro atoms. The van der Waals surface area contributed by atoms with Crippen molar-refractivity contribution in [3.8, 4) is 11.6 Å². The number of fused-ring (bicyclic) bond motifs is 1. The lowest BCUT2D eigenvalue weighted by Gasteiger charge is -2.06. The summed E-state index contributed by atoms with van der Waals surface area (Å²) in [6, 6.07) is 5.56. The molecule has 0 unspecified atom stereocenters. The van der Waals surface area contributed by atoms with Crippen molar-refractivity contribution in [1.29, 1.82) is 0 Å². The molecule has 0 aliphatic carbocycles. The number of H-pyrrole nitrogens is 2. The Morgan fingerprint density at radius 2 is 2.21 bits per heavy atom. The summed E-state index contributed by atoms with van der Waals surface area (Å²) in [5.74, 6) is 0.493. The molecule has 3 rings (SSSR count). The van der Waals surface area contributed by atoms with E-state index in [-0.39, 0.29) is 5.88 Å². The Kier molecular flexibility index (Phi) is 2.49. The van der Waals surface area contributed by atoms with Gasteiger partial charge >= 0.3 is 5.69 Å². The molecule has 19 heavy (non-hydrogen) atoms. The first-order chi connectivity index (χ1) is 9.19. The van der Waals surface area contributed by atoms with Gasteiger partial charge in [-0.3, -0.25) is 9.98 Å². The topological polar surface area (TPSA) is 90.5 Å². The molecule has 1 aliphatic rings. The highest BCUT2D eigenvalue weighted by atomic mass is 16.5. The predicted octanol–water partition coefficient (Wildman–Crippen LogP) is 1.67. The van der Waals surface area contributed by atoms with Gasteiger partial charge in [-0.1, -0.05) is 6.07 Å². The molecule has 1 aliphatic heterocycles. The molecule has 6 nitrogen and oxygen atoms in total. The molecule has 0 bridgehead atoms. The minimum atomic E-state index is -0.459. The van der Waals surface area contributed by atoms with Gasteiger partial charge in [0, 0.05) is 11.8 Å². The van der Waals surface area contributed by atoms with Crippen LogP contribution in [0, 0.1) is 0 Å². The van der Waals surface area contributed by atoms with E-state index < -0.39 is 5.69 Å². The van der Waals surface area contributed by atoms with Crippen molar-refractivity contribution in [3.63, 3.8) is 0 Å². The number of imidazole rings is 1. The van der Waals surface area contributed by atoms with E-state index in [1.807, 2.05) is 18.2 Å². The second-order valence-corrected chi connectivity index (χ2v) is 4.05. The molecule has 2 aromatic rings. The van der Waals surface area contributed by atoms with E-state index in [0.717, 1.165) is 16.8 Å². The number of aromatic nitrogens is 2. The third-order valence-electron chi connectivity index (χ3n) is 2.89. The first-order valence-electron chi connectivity index (χ1n) is 5.63. The van der Waals surface area contributed by atoms with E-state index in [1.54, 1.807) is 19.4 Å². The number of hydrogen-bond donors (Lipinski definition) is 3. The van der Waals surface area contributed by atoms with E-state index in [0.29, 0.717) is 11.4 Å². The van der Waals surface area contributed by atoms with E-state index in [9.17, 15) is 9.90 Å². The number of methoxy groups -OCH3 is 1. The van der Waals surface area contributed by atoms with Gasteiger partial charge in [-0.2, -0.15) is 0 Å². The lowest BCUT2D eigenvalue weighted by molar-refractivity contribution is 0.414. The zero-order valence-electron chi connectivity index (χ0n) is 10.1. The monoisotopic (exact) mass is 257 g/mol. The van der Waals surface area contributed by atoms with Gasteiger partial charge in [-0.25, -0.2) is 4.79 Å². The van der Waals surface area contributed by atoms with Gasteiger partial charge in [0.05, 0.1) is 18.4 Å². The first-order valence-corrected chi connectivity index (χ1v) is 5.63. The fraction of sp³-hybridized carbons (Fsp3) is 0.0769. The van der Waals surface area contributed by atoms with Crippen molar-refractivity contribution in [2.75, 3.05) is 7.11 Å². The summed E-state index contributed by atoms with van der Waals surface area (Å²) in [5, 5.41) is 9.56. The number of nitrogens with zero attached hydrogens (tertiary/aromatic N) is 1. The molecular formula is C13H11N3O3. The van der Waals surface area contributed by atoms with E-state index in [4.69, 9.17) is 4.74 Å². The Hall–Kier alpha value is -2.76. The quantitative estimate of drug-likeness (QED) is 0.764. The summed E-state index contributed by atoms with van der Waals surface area (Å²) in [5.41, 5.74) is 2.25. The molecule has 0 atom stereocenters. The maximum Gasteiger partial charge on any atom is 0.326 e. The minimum Gasteiger partial charge on any atom is -0.496 e.